The number of nitrogens with one attached hydrogen (secondary N) is 2. The van der Waals surface area contributed by atoms with Crippen molar-refractivity contribution >= 4 is 16.9 Å². The molecule has 24 heavy (non-hydrogen) atoms. The Morgan fingerprint density at radius 1 is 1.17 bits per heavy atom. The molecule has 4 aromatic heterocycles. The molecule has 118 valence electrons. The first-order valence-corrected chi connectivity index (χ1v) is 7.19. The molecule has 0 spiro atoms. The quantitative estimate of drug-likeness (QED) is 0.576. The van der Waals surface area contributed by atoms with Crippen molar-refractivity contribution in [3.05, 3.63) is 60.6 Å². The van der Waals surface area contributed by atoms with Gasteiger partial charge in [-0.1, -0.05) is 6.07 Å². The predicted octanol–water partition coefficient (Wildman–Crippen LogP) is 0.864. The molecule has 0 fully saturated rings. The van der Waals surface area contributed by atoms with Crippen LogP contribution in [0.3, 0.4) is 0 Å². The number of pyridine rings is 2. The maximum absolute atomic E-state index is 12.3. The van der Waals surface area contributed by atoms with Gasteiger partial charge in [0.05, 0.1) is 12.2 Å². The summed E-state index contributed by atoms with van der Waals surface area (Å²) in [6.45, 7) is 0.305. The molecule has 4 rings (SSSR count). The van der Waals surface area contributed by atoms with E-state index in [1.54, 1.807) is 29.0 Å². The Labute approximate surface area is 135 Å². The second-order valence-electron chi connectivity index (χ2n) is 5.01. The van der Waals surface area contributed by atoms with Crippen LogP contribution in [0.5, 0.6) is 0 Å². The Hall–Kier alpha value is -3.62. The van der Waals surface area contributed by atoms with Crippen molar-refractivity contribution in [2.24, 2.45) is 0 Å². The SMILES string of the molecule is O=C(NCc1[nH]nc2ncccc12)c1cccc(-n2cnnc2)n1. The van der Waals surface area contributed by atoms with E-state index in [2.05, 4.69) is 35.7 Å². The number of nitrogens with zero attached hydrogens (tertiary/aromatic N) is 6. The molecule has 9 nitrogen and oxygen atoms in total. The summed E-state index contributed by atoms with van der Waals surface area (Å²) >= 11 is 0. The van der Waals surface area contributed by atoms with E-state index < -0.39 is 0 Å². The molecule has 0 aliphatic rings. The Kier molecular flexibility index (Phi) is 3.43. The van der Waals surface area contributed by atoms with Crippen molar-refractivity contribution in [2.45, 2.75) is 6.54 Å². The highest BCUT2D eigenvalue weighted by atomic mass is 16.1. The molecule has 0 aromatic carbocycles. The monoisotopic (exact) mass is 320 g/mol. The summed E-state index contributed by atoms with van der Waals surface area (Å²) in [4.78, 5) is 20.8. The molecule has 4 heterocycles. The first-order valence-electron chi connectivity index (χ1n) is 7.19. The van der Waals surface area contributed by atoms with Gasteiger partial charge < -0.3 is 5.32 Å². The van der Waals surface area contributed by atoms with E-state index in [0.29, 0.717) is 23.7 Å². The molecule has 0 aliphatic heterocycles. The molecule has 0 radical (unpaired) electrons. The van der Waals surface area contributed by atoms with Gasteiger partial charge in [-0.05, 0) is 24.3 Å². The van der Waals surface area contributed by atoms with Gasteiger partial charge in [-0.3, -0.25) is 14.5 Å². The van der Waals surface area contributed by atoms with Crippen molar-refractivity contribution in [1.82, 2.24) is 40.2 Å². The smallest absolute Gasteiger partial charge is 0.270 e. The van der Waals surface area contributed by atoms with Crippen molar-refractivity contribution in [2.75, 3.05) is 0 Å². The van der Waals surface area contributed by atoms with Crippen LogP contribution in [0.4, 0.5) is 0 Å². The van der Waals surface area contributed by atoms with Crippen LogP contribution in [-0.2, 0) is 6.54 Å². The molecule has 0 saturated heterocycles. The van der Waals surface area contributed by atoms with Crippen molar-refractivity contribution < 1.29 is 4.79 Å². The van der Waals surface area contributed by atoms with Gasteiger partial charge in [-0.25, -0.2) is 9.97 Å². The summed E-state index contributed by atoms with van der Waals surface area (Å²) in [5.41, 5.74) is 1.72. The van der Waals surface area contributed by atoms with E-state index in [1.165, 1.54) is 12.7 Å². The fourth-order valence-corrected chi connectivity index (χ4v) is 2.31. The van der Waals surface area contributed by atoms with Gasteiger partial charge in [0.25, 0.3) is 5.91 Å². The Balaban J connectivity index is 1.51. The lowest BCUT2D eigenvalue weighted by atomic mass is 10.2. The van der Waals surface area contributed by atoms with Gasteiger partial charge in [0.1, 0.15) is 24.2 Å². The zero-order valence-corrected chi connectivity index (χ0v) is 12.4. The highest BCUT2D eigenvalue weighted by Gasteiger charge is 2.11. The number of H-pyrrole nitrogens is 1. The molecule has 4 aromatic rings. The van der Waals surface area contributed by atoms with Gasteiger partial charge in [-0.15, -0.1) is 10.2 Å². The van der Waals surface area contributed by atoms with Crippen molar-refractivity contribution in [3.63, 3.8) is 0 Å². The van der Waals surface area contributed by atoms with Gasteiger partial charge in [-0.2, -0.15) is 5.10 Å². The number of amides is 1. The molecule has 0 aliphatic carbocycles. The summed E-state index contributed by atoms with van der Waals surface area (Å²) in [7, 11) is 0. The molecule has 0 bridgehead atoms. The molecule has 0 atom stereocenters. The van der Waals surface area contributed by atoms with Gasteiger partial charge in [0.2, 0.25) is 0 Å². The average molecular weight is 320 g/mol. The lowest BCUT2D eigenvalue weighted by Crippen LogP contribution is -2.24. The first-order chi connectivity index (χ1) is 11.8. The molecular weight excluding hydrogens is 308 g/mol. The maximum Gasteiger partial charge on any atom is 0.270 e. The van der Waals surface area contributed by atoms with Gasteiger partial charge in [0.15, 0.2) is 5.65 Å². The van der Waals surface area contributed by atoms with Crippen LogP contribution in [0.2, 0.25) is 0 Å². The Morgan fingerprint density at radius 2 is 2.04 bits per heavy atom. The third-order valence-corrected chi connectivity index (χ3v) is 3.48. The molecule has 0 saturated carbocycles. The normalized spacial score (nSPS) is 10.8. The number of carbonyl (C=O) groups excluding carboxylic acids is 1. The maximum atomic E-state index is 12.3. The minimum absolute atomic E-state index is 0.281. The third kappa shape index (κ3) is 2.58. The zero-order valence-electron chi connectivity index (χ0n) is 12.4. The minimum Gasteiger partial charge on any atom is -0.345 e. The fraction of sp³-hybridized carbons (Fsp3) is 0.0667. The summed E-state index contributed by atoms with van der Waals surface area (Å²) in [6.07, 6.45) is 4.72. The van der Waals surface area contributed by atoms with E-state index in [9.17, 15) is 4.79 Å². The number of hydrogen-bond acceptors (Lipinski definition) is 6. The van der Waals surface area contributed by atoms with Crippen LogP contribution in [0.15, 0.2) is 49.2 Å². The van der Waals surface area contributed by atoms with Gasteiger partial charge in [0, 0.05) is 11.6 Å². The minimum atomic E-state index is -0.281. The average Bonchev–Trinajstić information content (AvgIpc) is 3.30. The number of rotatable bonds is 4. The molecule has 2 N–H and O–H groups in total. The van der Waals surface area contributed by atoms with Crippen molar-refractivity contribution in [1.29, 1.82) is 0 Å². The summed E-state index contributed by atoms with van der Waals surface area (Å²) in [5.74, 6) is 0.292. The molecular formula is C15H12N8O. The highest BCUT2D eigenvalue weighted by Crippen LogP contribution is 2.12. The lowest BCUT2D eigenvalue weighted by molar-refractivity contribution is 0.0945. The second kappa shape index (κ2) is 5.88. The molecule has 1 amide bonds. The summed E-state index contributed by atoms with van der Waals surface area (Å²) < 4.78 is 1.63. The fourth-order valence-electron chi connectivity index (χ4n) is 2.31. The predicted molar refractivity (Wildman–Crippen MR) is 84.2 cm³/mol. The zero-order chi connectivity index (χ0) is 16.4. The highest BCUT2D eigenvalue weighted by molar-refractivity contribution is 5.92. The number of aromatic amines is 1. The summed E-state index contributed by atoms with van der Waals surface area (Å²) in [5, 5.41) is 18.1. The topological polar surface area (TPSA) is 114 Å². The van der Waals surface area contributed by atoms with Crippen LogP contribution in [0.1, 0.15) is 16.2 Å². The number of carbonyl (C=O) groups is 1. The van der Waals surface area contributed by atoms with Crippen molar-refractivity contribution in [3.8, 4) is 5.82 Å². The Morgan fingerprint density at radius 3 is 2.92 bits per heavy atom. The standard InChI is InChI=1S/C15H12N8O/c24-15(11-4-1-5-13(20-11)23-8-18-19-9-23)17-7-12-10-3-2-6-16-14(10)22-21-12/h1-6,8-9H,7H2,(H,17,24)(H,16,21,22). The van der Waals surface area contributed by atoms with E-state index >= 15 is 0 Å². The molecule has 0 unspecified atom stereocenters. The van der Waals surface area contributed by atoms with E-state index in [-0.39, 0.29) is 5.91 Å². The van der Waals surface area contributed by atoms with Gasteiger partial charge >= 0.3 is 0 Å². The first kappa shape index (κ1) is 14.0. The van der Waals surface area contributed by atoms with Crippen LogP contribution in [0.25, 0.3) is 16.9 Å². The summed E-state index contributed by atoms with van der Waals surface area (Å²) in [6, 6.07) is 8.91. The largest absolute Gasteiger partial charge is 0.345 e. The number of hydrogen-bond donors (Lipinski definition) is 2. The number of fused-ring (bicyclic) bond motifs is 1. The molecule has 9 heteroatoms. The van der Waals surface area contributed by atoms with Crippen LogP contribution in [0, 0.1) is 0 Å². The Bertz CT molecular complexity index is 992. The van der Waals surface area contributed by atoms with Crippen LogP contribution >= 0.6 is 0 Å². The van der Waals surface area contributed by atoms with Crippen LogP contribution in [-0.4, -0.2) is 40.8 Å². The third-order valence-electron chi connectivity index (χ3n) is 3.48. The lowest BCUT2D eigenvalue weighted by Gasteiger charge is -2.05. The number of aromatic nitrogens is 7. The van der Waals surface area contributed by atoms with E-state index in [4.69, 9.17) is 0 Å². The van der Waals surface area contributed by atoms with E-state index in [0.717, 1.165) is 11.1 Å². The van der Waals surface area contributed by atoms with Crippen LogP contribution < -0.4 is 5.32 Å². The second-order valence-corrected chi connectivity index (χ2v) is 5.01. The van der Waals surface area contributed by atoms with E-state index in [1.807, 2.05) is 12.1 Å².